The highest BCUT2D eigenvalue weighted by Gasteiger charge is 2.27. The van der Waals surface area contributed by atoms with E-state index in [4.69, 9.17) is 23.2 Å². The van der Waals surface area contributed by atoms with Crippen LogP contribution in [0.4, 0.5) is 0 Å². The Labute approximate surface area is 199 Å². The van der Waals surface area contributed by atoms with E-state index < -0.39 is 9.84 Å². The number of hydrogen-bond acceptors (Lipinski definition) is 2. The first-order valence-electron chi connectivity index (χ1n) is 6.05. The van der Waals surface area contributed by atoms with Crippen LogP contribution in [-0.4, -0.2) is 8.42 Å². The van der Waals surface area contributed by atoms with Gasteiger partial charge < -0.3 is 0 Å². The average molecular weight is 819 g/mol. The van der Waals surface area contributed by atoms with Gasteiger partial charge >= 0.3 is 0 Å². The lowest BCUT2D eigenvalue weighted by Crippen LogP contribution is -2.08. The first-order valence-corrected chi connectivity index (χ1v) is 13.3. The first kappa shape index (κ1) is 21.2. The summed E-state index contributed by atoms with van der Waals surface area (Å²) in [6.07, 6.45) is 0. The summed E-state index contributed by atoms with van der Waals surface area (Å²) in [7, 11) is -3.66. The second-order valence-electron chi connectivity index (χ2n) is 4.47. The molecule has 0 spiro atoms. The molecule has 2 aromatic carbocycles. The summed E-state index contributed by atoms with van der Waals surface area (Å²) in [5.41, 5.74) is 1.39. The Morgan fingerprint density at radius 2 is 1.09 bits per heavy atom. The van der Waals surface area contributed by atoms with E-state index in [0.717, 1.165) is 0 Å². The molecule has 0 aliphatic rings. The van der Waals surface area contributed by atoms with Gasteiger partial charge in [0.15, 0.2) is 0 Å². The molecule has 0 saturated carbocycles. The molecule has 0 aliphatic carbocycles. The summed E-state index contributed by atoms with van der Waals surface area (Å²) in [5.74, 6) is 0. The van der Waals surface area contributed by atoms with E-state index in [-0.39, 0.29) is 13.7 Å². The van der Waals surface area contributed by atoms with Crippen molar-refractivity contribution in [1.29, 1.82) is 0 Å². The van der Waals surface area contributed by atoms with Crippen molar-refractivity contribution in [3.63, 3.8) is 0 Å². The van der Waals surface area contributed by atoms with Gasteiger partial charge in [0.2, 0.25) is 9.84 Å². The first-order chi connectivity index (χ1) is 10.6. The van der Waals surface area contributed by atoms with Crippen LogP contribution in [0.1, 0.15) is 15.0 Å². The molecular formula is C14H8Cl2I4O2S. The van der Waals surface area contributed by atoms with Gasteiger partial charge in [0.25, 0.3) is 0 Å². The van der Waals surface area contributed by atoms with Crippen molar-refractivity contribution >= 4 is 123 Å². The maximum absolute atomic E-state index is 13.2. The minimum Gasteiger partial charge on any atom is -0.218 e. The molecule has 0 aromatic heterocycles. The number of benzene rings is 2. The zero-order chi connectivity index (χ0) is 17.4. The molecule has 124 valence electrons. The maximum atomic E-state index is 13.2. The van der Waals surface area contributed by atoms with Gasteiger partial charge in [0.05, 0.1) is 13.7 Å². The van der Waals surface area contributed by atoms with Gasteiger partial charge in [-0.2, -0.15) is 0 Å². The molecule has 0 fully saturated rings. The van der Waals surface area contributed by atoms with Crippen LogP contribution in [0, 0.1) is 0 Å². The number of sulfone groups is 1. The topological polar surface area (TPSA) is 34.1 Å². The minimum atomic E-state index is -3.66. The van der Waals surface area contributed by atoms with Crippen molar-refractivity contribution in [3.8, 4) is 0 Å². The molecule has 2 aromatic rings. The van der Waals surface area contributed by atoms with Gasteiger partial charge in [0.1, 0.15) is 0 Å². The molecule has 0 bridgehead atoms. The summed E-state index contributed by atoms with van der Waals surface area (Å²) >= 11 is 20.8. The molecule has 0 N–H and O–H groups in total. The second kappa shape index (κ2) is 8.72. The van der Waals surface area contributed by atoms with E-state index in [1.54, 1.807) is 36.4 Å². The maximum Gasteiger partial charge on any atom is 0.207 e. The Kier molecular flexibility index (Phi) is 8.03. The lowest BCUT2D eigenvalue weighted by Gasteiger charge is -2.16. The Hall–Kier alpha value is 1.89. The summed E-state index contributed by atoms with van der Waals surface area (Å²) in [5, 5.41) is 1.04. The molecule has 9 heteroatoms. The highest BCUT2D eigenvalue weighted by molar-refractivity contribution is 14.2. The van der Waals surface area contributed by atoms with Crippen molar-refractivity contribution in [2.75, 3.05) is 0 Å². The monoisotopic (exact) mass is 818 g/mol. The Morgan fingerprint density at radius 3 is 1.39 bits per heavy atom. The number of hydrogen-bond donors (Lipinski definition) is 0. The second-order valence-corrected chi connectivity index (χ2v) is 17.0. The van der Waals surface area contributed by atoms with Crippen molar-refractivity contribution in [1.82, 2.24) is 0 Å². The predicted octanol–water partition coefficient (Wildman–Crippen LogP) is 7.56. The lowest BCUT2D eigenvalue weighted by molar-refractivity contribution is 0.595. The van der Waals surface area contributed by atoms with Crippen LogP contribution in [0.2, 0.25) is 10.0 Å². The third-order valence-corrected chi connectivity index (χ3v) is 8.05. The van der Waals surface area contributed by atoms with Crippen molar-refractivity contribution in [2.24, 2.45) is 0 Å². The standard InChI is InChI=1S/C14H8Cl2I4O2S/c15-7-1-3-11(9(5-7)13(17)18)23(21,22)12-4-2-8(16)6-10(12)14(19)20/h1-6,13-14H. The molecule has 0 heterocycles. The molecule has 0 unspecified atom stereocenters. The quantitative estimate of drug-likeness (QED) is 0.236. The van der Waals surface area contributed by atoms with E-state index >= 15 is 0 Å². The summed E-state index contributed by atoms with van der Waals surface area (Å²) in [6.45, 7) is 0. The van der Waals surface area contributed by atoms with Crippen LogP contribution in [0.5, 0.6) is 0 Å². The fourth-order valence-corrected chi connectivity index (χ4v) is 6.96. The molecule has 0 amide bonds. The average Bonchev–Trinajstić information content (AvgIpc) is 2.46. The molecule has 0 saturated heterocycles. The van der Waals surface area contributed by atoms with Crippen molar-refractivity contribution in [3.05, 3.63) is 57.6 Å². The fraction of sp³-hybridized carbons (Fsp3) is 0.143. The van der Waals surface area contributed by atoms with E-state index in [1.807, 2.05) is 0 Å². The minimum absolute atomic E-state index is 0.0144. The van der Waals surface area contributed by atoms with Crippen LogP contribution in [0.15, 0.2) is 46.2 Å². The zero-order valence-corrected chi connectivity index (χ0v) is 22.1. The van der Waals surface area contributed by atoms with Crippen LogP contribution in [0.3, 0.4) is 0 Å². The molecule has 0 radical (unpaired) electrons. The number of halogens is 6. The summed E-state index contributed by atoms with van der Waals surface area (Å²) < 4.78 is 26.4. The third kappa shape index (κ3) is 4.99. The fourth-order valence-electron chi connectivity index (χ4n) is 1.99. The highest BCUT2D eigenvalue weighted by Crippen LogP contribution is 2.42. The van der Waals surface area contributed by atoms with Crippen molar-refractivity contribution in [2.45, 2.75) is 13.7 Å². The predicted molar refractivity (Wildman–Crippen MR) is 130 cm³/mol. The van der Waals surface area contributed by atoms with Crippen molar-refractivity contribution < 1.29 is 8.42 Å². The zero-order valence-electron chi connectivity index (χ0n) is 11.1. The Morgan fingerprint density at radius 1 is 0.739 bits per heavy atom. The SMILES string of the molecule is O=S(=O)(c1ccc(Cl)cc1C(I)I)c1ccc(Cl)cc1C(I)I. The number of rotatable bonds is 4. The summed E-state index contributed by atoms with van der Waals surface area (Å²) in [4.78, 5) is 0.570. The van der Waals surface area contributed by atoms with Crippen LogP contribution >= 0.6 is 114 Å². The molecule has 2 rings (SSSR count). The van der Waals surface area contributed by atoms with Crippen LogP contribution in [0.25, 0.3) is 0 Å². The van der Waals surface area contributed by atoms with E-state index in [0.29, 0.717) is 21.2 Å². The largest absolute Gasteiger partial charge is 0.218 e. The Bertz CT molecular complexity index is 775. The van der Waals surface area contributed by atoms with Gasteiger partial charge in [-0.3, -0.25) is 0 Å². The van der Waals surface area contributed by atoms with Gasteiger partial charge in [-0.15, -0.1) is 0 Å². The van der Waals surface area contributed by atoms with Crippen LogP contribution in [-0.2, 0) is 9.84 Å². The third-order valence-electron chi connectivity index (χ3n) is 2.99. The Balaban J connectivity index is 2.74. The summed E-state index contributed by atoms with van der Waals surface area (Å²) in [6, 6.07) is 9.78. The smallest absolute Gasteiger partial charge is 0.207 e. The molecule has 0 aliphatic heterocycles. The highest BCUT2D eigenvalue weighted by atomic mass is 127. The van der Waals surface area contributed by atoms with E-state index in [1.165, 1.54) is 0 Å². The van der Waals surface area contributed by atoms with E-state index in [2.05, 4.69) is 90.4 Å². The molecule has 2 nitrogen and oxygen atoms in total. The normalized spacial score (nSPS) is 12.2. The van der Waals surface area contributed by atoms with Crippen LogP contribution < -0.4 is 0 Å². The van der Waals surface area contributed by atoms with Gasteiger partial charge in [0, 0.05) is 10.0 Å². The van der Waals surface area contributed by atoms with Gasteiger partial charge in [-0.25, -0.2) is 8.42 Å². The molecule has 23 heavy (non-hydrogen) atoms. The number of alkyl halides is 4. The van der Waals surface area contributed by atoms with E-state index in [9.17, 15) is 8.42 Å². The van der Waals surface area contributed by atoms with Gasteiger partial charge in [-0.1, -0.05) is 114 Å². The molecule has 0 atom stereocenters. The van der Waals surface area contributed by atoms with Gasteiger partial charge in [-0.05, 0) is 47.5 Å². The lowest BCUT2D eigenvalue weighted by atomic mass is 10.2. The molecular weight excluding hydrogens is 811 g/mol.